The molecule has 3 rings (SSSR count). The largest absolute Gasteiger partial charge is 0.497 e. The van der Waals surface area contributed by atoms with Crippen molar-refractivity contribution in [1.29, 1.82) is 0 Å². The van der Waals surface area contributed by atoms with Crippen LogP contribution in [-0.2, 0) is 6.42 Å². The lowest BCUT2D eigenvalue weighted by atomic mass is 10.0. The summed E-state index contributed by atoms with van der Waals surface area (Å²) in [5.74, 6) is 1.65. The van der Waals surface area contributed by atoms with E-state index in [4.69, 9.17) is 15.2 Å². The van der Waals surface area contributed by atoms with E-state index in [1.54, 1.807) is 7.11 Å². The van der Waals surface area contributed by atoms with Gasteiger partial charge in [0.2, 0.25) is 0 Å². The number of rotatable bonds is 6. The molecule has 1 atom stereocenters. The van der Waals surface area contributed by atoms with E-state index in [0.29, 0.717) is 13.2 Å². The first-order valence-electron chi connectivity index (χ1n) is 8.13. The van der Waals surface area contributed by atoms with Crippen molar-refractivity contribution in [2.24, 2.45) is 5.73 Å². The van der Waals surface area contributed by atoms with E-state index in [-0.39, 0.29) is 6.04 Å². The molecule has 0 aromatic heterocycles. The summed E-state index contributed by atoms with van der Waals surface area (Å²) in [7, 11) is 1.67. The molecule has 1 unspecified atom stereocenters. The summed E-state index contributed by atoms with van der Waals surface area (Å²) in [5.41, 5.74) is 9.93. The van der Waals surface area contributed by atoms with E-state index < -0.39 is 0 Å². The molecule has 0 saturated heterocycles. The summed E-state index contributed by atoms with van der Waals surface area (Å²) >= 11 is 0. The molecule has 0 bridgehead atoms. The molecule has 0 fully saturated rings. The zero-order valence-corrected chi connectivity index (χ0v) is 13.8. The topological polar surface area (TPSA) is 47.7 Å². The molecule has 1 aliphatic heterocycles. The normalized spacial score (nSPS) is 14.5. The Morgan fingerprint density at radius 1 is 1.22 bits per heavy atom. The predicted molar refractivity (Wildman–Crippen MR) is 93.5 cm³/mol. The molecule has 122 valence electrons. The molecule has 2 aromatic carbocycles. The van der Waals surface area contributed by atoms with Crippen molar-refractivity contribution in [3.05, 3.63) is 53.6 Å². The van der Waals surface area contributed by atoms with Crippen molar-refractivity contribution in [2.75, 3.05) is 31.7 Å². The second-order valence-electron chi connectivity index (χ2n) is 5.66. The van der Waals surface area contributed by atoms with Gasteiger partial charge < -0.3 is 20.1 Å². The Bertz CT molecular complexity index is 672. The van der Waals surface area contributed by atoms with Crippen LogP contribution in [0.15, 0.2) is 42.5 Å². The Morgan fingerprint density at radius 2 is 2.04 bits per heavy atom. The van der Waals surface area contributed by atoms with Gasteiger partial charge in [0, 0.05) is 30.4 Å². The highest BCUT2D eigenvalue weighted by Crippen LogP contribution is 2.38. The van der Waals surface area contributed by atoms with Crippen LogP contribution >= 0.6 is 0 Å². The summed E-state index contributed by atoms with van der Waals surface area (Å²) in [4.78, 5) is 2.39. The molecule has 4 nitrogen and oxygen atoms in total. The lowest BCUT2D eigenvalue weighted by Crippen LogP contribution is -2.32. The first kappa shape index (κ1) is 15.7. The fraction of sp³-hybridized carbons (Fsp3) is 0.368. The summed E-state index contributed by atoms with van der Waals surface area (Å²) < 4.78 is 11.2. The van der Waals surface area contributed by atoms with Gasteiger partial charge in [-0.15, -0.1) is 0 Å². The zero-order chi connectivity index (χ0) is 16.2. The van der Waals surface area contributed by atoms with Gasteiger partial charge in [-0.25, -0.2) is 0 Å². The molecule has 2 aromatic rings. The van der Waals surface area contributed by atoms with E-state index in [9.17, 15) is 0 Å². The predicted octanol–water partition coefficient (Wildman–Crippen LogP) is 3.16. The Balaban J connectivity index is 1.98. The molecule has 0 saturated carbocycles. The van der Waals surface area contributed by atoms with Crippen molar-refractivity contribution in [3.63, 3.8) is 0 Å². The lowest BCUT2D eigenvalue weighted by Gasteiger charge is -2.31. The number of nitrogens with two attached hydrogens (primary N) is 1. The summed E-state index contributed by atoms with van der Waals surface area (Å²) in [6.07, 6.45) is 1.06. The minimum Gasteiger partial charge on any atom is -0.497 e. The van der Waals surface area contributed by atoms with E-state index in [0.717, 1.165) is 30.0 Å². The van der Waals surface area contributed by atoms with Crippen molar-refractivity contribution in [3.8, 4) is 11.5 Å². The minimum atomic E-state index is 0.103. The van der Waals surface area contributed by atoms with Gasteiger partial charge in [-0.3, -0.25) is 0 Å². The molecular formula is C19H24N2O2. The number of nitrogens with zero attached hydrogens (tertiary/aromatic N) is 1. The fourth-order valence-electron chi connectivity index (χ4n) is 3.31. The first-order chi connectivity index (χ1) is 11.3. The SMILES string of the molecule is CCOc1cc(OC)ccc1C(CN)N1CCc2ccccc21. The molecule has 1 aliphatic rings. The quantitative estimate of drug-likeness (QED) is 0.890. The zero-order valence-electron chi connectivity index (χ0n) is 13.8. The number of ether oxygens (including phenoxy) is 2. The molecular weight excluding hydrogens is 288 g/mol. The van der Waals surface area contributed by atoms with Crippen LogP contribution in [0, 0.1) is 0 Å². The van der Waals surface area contributed by atoms with Crippen molar-refractivity contribution >= 4 is 5.69 Å². The summed E-state index contributed by atoms with van der Waals surface area (Å²) in [5, 5.41) is 0. The maximum absolute atomic E-state index is 6.15. The molecule has 4 heteroatoms. The Labute approximate surface area is 137 Å². The summed E-state index contributed by atoms with van der Waals surface area (Å²) in [6, 6.07) is 14.6. The van der Waals surface area contributed by atoms with E-state index in [1.807, 2.05) is 19.1 Å². The van der Waals surface area contributed by atoms with Crippen molar-refractivity contribution in [2.45, 2.75) is 19.4 Å². The van der Waals surface area contributed by atoms with Crippen molar-refractivity contribution < 1.29 is 9.47 Å². The number of hydrogen-bond acceptors (Lipinski definition) is 4. The average molecular weight is 312 g/mol. The monoisotopic (exact) mass is 312 g/mol. The third-order valence-electron chi connectivity index (χ3n) is 4.40. The van der Waals surface area contributed by atoms with E-state index in [1.165, 1.54) is 11.3 Å². The van der Waals surface area contributed by atoms with Gasteiger partial charge in [-0.1, -0.05) is 18.2 Å². The lowest BCUT2D eigenvalue weighted by molar-refractivity contribution is 0.329. The van der Waals surface area contributed by atoms with Gasteiger partial charge in [0.05, 0.1) is 19.8 Å². The Hall–Kier alpha value is -2.20. The van der Waals surface area contributed by atoms with E-state index >= 15 is 0 Å². The third kappa shape index (κ3) is 2.99. The Kier molecular flexibility index (Phi) is 4.72. The Morgan fingerprint density at radius 3 is 2.78 bits per heavy atom. The molecule has 2 N–H and O–H groups in total. The van der Waals surface area contributed by atoms with Crippen LogP contribution in [0.4, 0.5) is 5.69 Å². The summed E-state index contributed by atoms with van der Waals surface area (Å²) in [6.45, 7) is 4.14. The highest BCUT2D eigenvalue weighted by atomic mass is 16.5. The smallest absolute Gasteiger partial charge is 0.128 e. The average Bonchev–Trinajstić information content (AvgIpc) is 3.01. The standard InChI is InChI=1S/C19H24N2O2/c1-3-23-19-12-15(22-2)8-9-16(19)18(13-20)21-11-10-14-6-4-5-7-17(14)21/h4-9,12,18H,3,10-11,13,20H2,1-2H3. The second-order valence-corrected chi connectivity index (χ2v) is 5.66. The number of para-hydroxylation sites is 1. The van der Waals surface area contributed by atoms with Gasteiger partial charge in [0.15, 0.2) is 0 Å². The highest BCUT2D eigenvalue weighted by molar-refractivity contribution is 5.60. The first-order valence-corrected chi connectivity index (χ1v) is 8.13. The molecule has 1 heterocycles. The highest BCUT2D eigenvalue weighted by Gasteiger charge is 2.28. The van der Waals surface area contributed by atoms with Crippen LogP contribution in [0.1, 0.15) is 24.1 Å². The third-order valence-corrected chi connectivity index (χ3v) is 4.40. The number of methoxy groups -OCH3 is 1. The van der Waals surface area contributed by atoms with Gasteiger partial charge in [-0.2, -0.15) is 0 Å². The second kappa shape index (κ2) is 6.92. The van der Waals surface area contributed by atoms with Crippen LogP contribution in [0.3, 0.4) is 0 Å². The van der Waals surface area contributed by atoms with Crippen LogP contribution in [0.25, 0.3) is 0 Å². The van der Waals surface area contributed by atoms with Crippen molar-refractivity contribution in [1.82, 2.24) is 0 Å². The fourth-order valence-corrected chi connectivity index (χ4v) is 3.31. The molecule has 0 amide bonds. The molecule has 0 aliphatic carbocycles. The molecule has 23 heavy (non-hydrogen) atoms. The van der Waals surface area contributed by atoms with Crippen LogP contribution in [0.5, 0.6) is 11.5 Å². The van der Waals surface area contributed by atoms with Gasteiger partial charge in [-0.05, 0) is 37.1 Å². The van der Waals surface area contributed by atoms with E-state index in [2.05, 4.69) is 35.2 Å². The van der Waals surface area contributed by atoms with Gasteiger partial charge >= 0.3 is 0 Å². The number of hydrogen-bond donors (Lipinski definition) is 1. The maximum atomic E-state index is 6.15. The molecule has 0 spiro atoms. The molecule has 0 radical (unpaired) electrons. The number of benzene rings is 2. The number of anilines is 1. The van der Waals surface area contributed by atoms with Gasteiger partial charge in [0.1, 0.15) is 11.5 Å². The van der Waals surface area contributed by atoms with Crippen LogP contribution < -0.4 is 20.1 Å². The van der Waals surface area contributed by atoms with Crippen LogP contribution in [0.2, 0.25) is 0 Å². The van der Waals surface area contributed by atoms with Crippen LogP contribution in [-0.4, -0.2) is 26.8 Å². The maximum Gasteiger partial charge on any atom is 0.128 e. The number of fused-ring (bicyclic) bond motifs is 1. The van der Waals surface area contributed by atoms with Gasteiger partial charge in [0.25, 0.3) is 0 Å². The minimum absolute atomic E-state index is 0.103.